The van der Waals surface area contributed by atoms with E-state index in [0.717, 1.165) is 26.7 Å². The number of carbonyl (C=O) groups excluding carboxylic acids is 1. The van der Waals surface area contributed by atoms with Crippen LogP contribution in [0.3, 0.4) is 0 Å². The van der Waals surface area contributed by atoms with Gasteiger partial charge in [0.2, 0.25) is 0 Å². The molecule has 2 heterocycles. The second-order valence-electron chi connectivity index (χ2n) is 4.10. The van der Waals surface area contributed by atoms with Crippen LogP contribution in [0.15, 0.2) is 45.7 Å². The minimum absolute atomic E-state index is 0.144. The van der Waals surface area contributed by atoms with Crippen molar-refractivity contribution in [3.8, 4) is 11.3 Å². The van der Waals surface area contributed by atoms with E-state index in [9.17, 15) is 4.79 Å². The van der Waals surface area contributed by atoms with Crippen LogP contribution in [0.5, 0.6) is 0 Å². The van der Waals surface area contributed by atoms with Gasteiger partial charge >= 0.3 is 0 Å². The average Bonchev–Trinajstić information content (AvgIpc) is 2.98. The summed E-state index contributed by atoms with van der Waals surface area (Å²) in [5, 5.41) is 9.97. The maximum atomic E-state index is 11.5. The molecule has 2 N–H and O–H groups in total. The third-order valence-electron chi connectivity index (χ3n) is 2.69. The first-order valence-electron chi connectivity index (χ1n) is 5.77. The molecule has 4 nitrogen and oxygen atoms in total. The molecule has 0 bridgehead atoms. The van der Waals surface area contributed by atoms with Gasteiger partial charge in [0.15, 0.2) is 5.17 Å². The molecule has 0 aliphatic carbocycles. The van der Waals surface area contributed by atoms with Crippen LogP contribution in [0.25, 0.3) is 17.4 Å². The minimum atomic E-state index is -0.257. The molecular formula is C14H9IN2O2S. The molecule has 1 aromatic heterocycles. The zero-order valence-corrected chi connectivity index (χ0v) is 13.1. The van der Waals surface area contributed by atoms with Gasteiger partial charge in [0.25, 0.3) is 5.91 Å². The highest BCUT2D eigenvalue weighted by molar-refractivity contribution is 14.1. The monoisotopic (exact) mass is 396 g/mol. The molecule has 100 valence electrons. The fourth-order valence-electron chi connectivity index (χ4n) is 1.77. The second kappa shape index (κ2) is 5.45. The van der Waals surface area contributed by atoms with Crippen LogP contribution in [-0.4, -0.2) is 11.1 Å². The molecule has 0 saturated carbocycles. The fraction of sp³-hybridized carbons (Fsp3) is 0. The number of thioether (sulfide) groups is 1. The first-order chi connectivity index (χ1) is 9.61. The Bertz CT molecular complexity index is 719. The van der Waals surface area contributed by atoms with Crippen molar-refractivity contribution in [1.29, 1.82) is 5.41 Å². The molecule has 0 spiro atoms. The van der Waals surface area contributed by atoms with Gasteiger partial charge in [-0.3, -0.25) is 10.2 Å². The predicted molar refractivity (Wildman–Crippen MR) is 88.3 cm³/mol. The number of rotatable bonds is 2. The SMILES string of the molecule is N=C1NC(=O)/C(=C\c2ccc(-c3ccc(I)cc3)o2)S1. The number of amidine groups is 1. The molecule has 20 heavy (non-hydrogen) atoms. The number of hydrogen-bond donors (Lipinski definition) is 2. The van der Waals surface area contributed by atoms with Crippen molar-refractivity contribution in [1.82, 2.24) is 5.32 Å². The van der Waals surface area contributed by atoms with Crippen molar-refractivity contribution in [3.63, 3.8) is 0 Å². The smallest absolute Gasteiger partial charge is 0.264 e. The maximum Gasteiger partial charge on any atom is 0.264 e. The molecule has 1 saturated heterocycles. The molecule has 1 aliphatic rings. The maximum absolute atomic E-state index is 11.5. The van der Waals surface area contributed by atoms with Crippen LogP contribution in [0.2, 0.25) is 0 Å². The number of amides is 1. The fourth-order valence-corrected chi connectivity index (χ4v) is 2.81. The van der Waals surface area contributed by atoms with Crippen molar-refractivity contribution >= 4 is 51.5 Å². The second-order valence-corrected chi connectivity index (χ2v) is 6.40. The minimum Gasteiger partial charge on any atom is -0.457 e. The topological polar surface area (TPSA) is 66.1 Å². The van der Waals surface area contributed by atoms with Crippen molar-refractivity contribution < 1.29 is 9.21 Å². The van der Waals surface area contributed by atoms with Crippen molar-refractivity contribution in [2.24, 2.45) is 0 Å². The Balaban J connectivity index is 1.87. The summed E-state index contributed by atoms with van der Waals surface area (Å²) >= 11 is 3.35. The number of benzene rings is 1. The van der Waals surface area contributed by atoms with E-state index in [4.69, 9.17) is 9.83 Å². The number of halogens is 1. The molecule has 0 atom stereocenters. The van der Waals surface area contributed by atoms with Crippen LogP contribution in [-0.2, 0) is 4.79 Å². The Morgan fingerprint density at radius 3 is 2.60 bits per heavy atom. The van der Waals surface area contributed by atoms with E-state index in [1.807, 2.05) is 36.4 Å². The molecule has 2 aromatic rings. The zero-order chi connectivity index (χ0) is 14.1. The standard InChI is InChI=1S/C14H9IN2O2S/c15-9-3-1-8(2-4-9)11-6-5-10(19-11)7-12-13(18)17-14(16)20-12/h1-7H,(H2,16,17,18)/b12-7+. The van der Waals surface area contributed by atoms with Gasteiger partial charge in [0.1, 0.15) is 11.5 Å². The summed E-state index contributed by atoms with van der Waals surface area (Å²) in [5.74, 6) is 1.10. The molecule has 1 amide bonds. The quantitative estimate of drug-likeness (QED) is 0.601. The summed E-state index contributed by atoms with van der Waals surface area (Å²) in [6, 6.07) is 11.7. The van der Waals surface area contributed by atoms with Crippen molar-refractivity contribution in [2.75, 3.05) is 0 Å². The average molecular weight is 396 g/mol. The first-order valence-corrected chi connectivity index (χ1v) is 7.66. The molecule has 3 rings (SSSR count). The number of hydrogen-bond acceptors (Lipinski definition) is 4. The Hall–Kier alpha value is -1.54. The Kier molecular flexibility index (Phi) is 3.66. The van der Waals surface area contributed by atoms with Crippen LogP contribution < -0.4 is 5.32 Å². The lowest BCUT2D eigenvalue weighted by atomic mass is 10.2. The highest BCUT2D eigenvalue weighted by atomic mass is 127. The highest BCUT2D eigenvalue weighted by Gasteiger charge is 2.22. The van der Waals surface area contributed by atoms with Crippen LogP contribution in [0.4, 0.5) is 0 Å². The summed E-state index contributed by atoms with van der Waals surface area (Å²) in [7, 11) is 0. The molecule has 1 fully saturated rings. The first kappa shape index (κ1) is 13.4. The molecule has 0 radical (unpaired) electrons. The van der Waals surface area contributed by atoms with E-state index in [2.05, 4.69) is 27.9 Å². The Morgan fingerprint density at radius 2 is 1.95 bits per heavy atom. The van der Waals surface area contributed by atoms with Gasteiger partial charge < -0.3 is 9.73 Å². The van der Waals surface area contributed by atoms with Crippen molar-refractivity contribution in [2.45, 2.75) is 0 Å². The highest BCUT2D eigenvalue weighted by Crippen LogP contribution is 2.28. The largest absolute Gasteiger partial charge is 0.457 e. The molecular weight excluding hydrogens is 387 g/mol. The van der Waals surface area contributed by atoms with E-state index in [1.54, 1.807) is 6.08 Å². The van der Waals surface area contributed by atoms with E-state index >= 15 is 0 Å². The molecule has 1 aliphatic heterocycles. The number of carbonyl (C=O) groups is 1. The molecule has 1 aromatic carbocycles. The molecule has 6 heteroatoms. The lowest BCUT2D eigenvalue weighted by Gasteiger charge is -1.96. The lowest BCUT2D eigenvalue weighted by Crippen LogP contribution is -2.18. The van der Waals surface area contributed by atoms with Gasteiger partial charge in [-0.25, -0.2) is 0 Å². The van der Waals surface area contributed by atoms with Crippen molar-refractivity contribution in [3.05, 3.63) is 50.6 Å². The van der Waals surface area contributed by atoms with Gasteiger partial charge in [-0.1, -0.05) is 12.1 Å². The van der Waals surface area contributed by atoms with E-state index in [-0.39, 0.29) is 11.1 Å². The van der Waals surface area contributed by atoms with E-state index < -0.39 is 0 Å². The Morgan fingerprint density at radius 1 is 1.20 bits per heavy atom. The summed E-state index contributed by atoms with van der Waals surface area (Å²) in [6.45, 7) is 0. The Labute approximate surface area is 133 Å². The lowest BCUT2D eigenvalue weighted by molar-refractivity contribution is -0.115. The number of nitrogens with one attached hydrogen (secondary N) is 2. The summed E-state index contributed by atoms with van der Waals surface area (Å²) < 4.78 is 6.88. The predicted octanol–water partition coefficient (Wildman–Crippen LogP) is 3.69. The third kappa shape index (κ3) is 2.80. The van der Waals surface area contributed by atoms with E-state index in [1.165, 1.54) is 0 Å². The third-order valence-corrected chi connectivity index (χ3v) is 4.24. The van der Waals surface area contributed by atoms with Gasteiger partial charge in [0, 0.05) is 15.2 Å². The van der Waals surface area contributed by atoms with Gasteiger partial charge in [-0.2, -0.15) is 0 Å². The van der Waals surface area contributed by atoms with Gasteiger partial charge in [0.05, 0.1) is 4.91 Å². The normalized spacial score (nSPS) is 16.8. The van der Waals surface area contributed by atoms with E-state index in [0.29, 0.717) is 10.7 Å². The summed E-state index contributed by atoms with van der Waals surface area (Å²) in [5.41, 5.74) is 0.992. The van der Waals surface area contributed by atoms with Gasteiger partial charge in [-0.05, 0) is 58.6 Å². The van der Waals surface area contributed by atoms with Crippen LogP contribution >= 0.6 is 34.4 Å². The summed E-state index contributed by atoms with van der Waals surface area (Å²) in [4.78, 5) is 12.0. The summed E-state index contributed by atoms with van der Waals surface area (Å²) in [6.07, 6.45) is 1.65. The van der Waals surface area contributed by atoms with Crippen LogP contribution in [0, 0.1) is 8.98 Å². The zero-order valence-electron chi connectivity index (χ0n) is 10.1. The van der Waals surface area contributed by atoms with Gasteiger partial charge in [-0.15, -0.1) is 0 Å². The number of furan rings is 1. The van der Waals surface area contributed by atoms with Crippen LogP contribution in [0.1, 0.15) is 5.76 Å². The molecule has 0 unspecified atom stereocenters.